The maximum atomic E-state index is 13.2. The van der Waals surface area contributed by atoms with Crippen molar-refractivity contribution < 1.29 is 18.7 Å². The van der Waals surface area contributed by atoms with Crippen molar-refractivity contribution in [3.63, 3.8) is 0 Å². The van der Waals surface area contributed by atoms with E-state index in [4.69, 9.17) is 4.74 Å². The van der Waals surface area contributed by atoms with Crippen LogP contribution in [0.1, 0.15) is 21.6 Å². The van der Waals surface area contributed by atoms with E-state index >= 15 is 0 Å². The molecule has 0 fully saturated rings. The molecule has 2 aromatic heterocycles. The largest absolute Gasteiger partial charge is 0.451 e. The Bertz CT molecular complexity index is 968. The van der Waals surface area contributed by atoms with E-state index in [1.54, 1.807) is 36.0 Å². The summed E-state index contributed by atoms with van der Waals surface area (Å²) in [7, 11) is 1.56. The number of carbonyl (C=O) groups excluding carboxylic acids is 2. The van der Waals surface area contributed by atoms with E-state index in [9.17, 15) is 14.0 Å². The van der Waals surface area contributed by atoms with Crippen LogP contribution in [0.2, 0.25) is 0 Å². The Labute approximate surface area is 149 Å². The summed E-state index contributed by atoms with van der Waals surface area (Å²) in [6.07, 6.45) is 3.35. The third-order valence-electron chi connectivity index (χ3n) is 3.89. The third-order valence-corrected chi connectivity index (χ3v) is 3.89. The lowest BCUT2D eigenvalue weighted by atomic mass is 10.2. The van der Waals surface area contributed by atoms with Gasteiger partial charge in [0.25, 0.3) is 5.91 Å². The number of halogens is 1. The highest BCUT2D eigenvalue weighted by atomic mass is 19.1. The number of ether oxygens (including phenoxy) is 1. The van der Waals surface area contributed by atoms with Gasteiger partial charge in [0.1, 0.15) is 11.5 Å². The van der Waals surface area contributed by atoms with E-state index in [0.29, 0.717) is 11.2 Å². The van der Waals surface area contributed by atoms with Gasteiger partial charge in [-0.1, -0.05) is 12.1 Å². The van der Waals surface area contributed by atoms with E-state index in [0.717, 1.165) is 5.56 Å². The fraction of sp³-hybridized carbons (Fsp3) is 0.211. The lowest BCUT2D eigenvalue weighted by Gasteiger charge is -2.17. The smallest absolute Gasteiger partial charge is 0.359 e. The number of amides is 1. The van der Waals surface area contributed by atoms with Gasteiger partial charge in [0, 0.05) is 26.0 Å². The van der Waals surface area contributed by atoms with Crippen LogP contribution >= 0.6 is 0 Å². The summed E-state index contributed by atoms with van der Waals surface area (Å²) >= 11 is 0. The van der Waals surface area contributed by atoms with Gasteiger partial charge < -0.3 is 14.0 Å². The summed E-state index contributed by atoms with van der Waals surface area (Å²) in [5, 5.41) is 0. The fourth-order valence-electron chi connectivity index (χ4n) is 2.49. The zero-order valence-corrected chi connectivity index (χ0v) is 14.5. The summed E-state index contributed by atoms with van der Waals surface area (Å²) in [6, 6.07) is 9.73. The van der Waals surface area contributed by atoms with Crippen LogP contribution in [0.25, 0.3) is 5.65 Å². The molecule has 3 aromatic rings. The van der Waals surface area contributed by atoms with Gasteiger partial charge in [-0.25, -0.2) is 14.2 Å². The van der Waals surface area contributed by atoms with Crippen LogP contribution in [0.15, 0.2) is 48.8 Å². The zero-order chi connectivity index (χ0) is 18.7. The van der Waals surface area contributed by atoms with Crippen LogP contribution in [-0.4, -0.2) is 39.8 Å². The van der Waals surface area contributed by atoms with E-state index in [1.807, 2.05) is 19.1 Å². The second-order valence-electron chi connectivity index (χ2n) is 6.05. The van der Waals surface area contributed by atoms with Gasteiger partial charge in [0.15, 0.2) is 12.3 Å². The summed E-state index contributed by atoms with van der Waals surface area (Å²) in [4.78, 5) is 29.8. The Morgan fingerprint density at radius 3 is 2.85 bits per heavy atom. The molecule has 0 saturated carbocycles. The number of imidazole rings is 1. The molecule has 0 aliphatic rings. The van der Waals surface area contributed by atoms with Crippen LogP contribution in [0.4, 0.5) is 4.39 Å². The van der Waals surface area contributed by atoms with Crippen LogP contribution < -0.4 is 0 Å². The highest BCUT2D eigenvalue weighted by Crippen LogP contribution is 2.09. The Balaban J connectivity index is 1.58. The highest BCUT2D eigenvalue weighted by Gasteiger charge is 2.16. The average Bonchev–Trinajstić information content (AvgIpc) is 3.02. The molecule has 0 saturated heterocycles. The van der Waals surface area contributed by atoms with Crippen molar-refractivity contribution in [2.75, 3.05) is 13.7 Å². The number of aryl methyl sites for hydroxylation is 1. The molecule has 1 amide bonds. The number of carbonyl (C=O) groups is 2. The summed E-state index contributed by atoms with van der Waals surface area (Å²) in [6.45, 7) is 1.75. The normalized spacial score (nSPS) is 10.7. The molecule has 7 heteroatoms. The minimum Gasteiger partial charge on any atom is -0.451 e. The number of nitrogens with zero attached hydrogens (tertiary/aromatic N) is 3. The topological polar surface area (TPSA) is 63.9 Å². The van der Waals surface area contributed by atoms with Crippen LogP contribution in [-0.2, 0) is 16.1 Å². The van der Waals surface area contributed by atoms with Crippen molar-refractivity contribution in [3.05, 3.63) is 71.4 Å². The first-order chi connectivity index (χ1) is 12.4. The summed E-state index contributed by atoms with van der Waals surface area (Å²) in [5.41, 5.74) is 2.45. The molecule has 1 aromatic carbocycles. The predicted molar refractivity (Wildman–Crippen MR) is 93.1 cm³/mol. The van der Waals surface area contributed by atoms with Crippen molar-refractivity contribution in [2.45, 2.75) is 13.5 Å². The standard InChI is InChI=1S/C19H18FN3O3/c1-13-6-7-23-11-16(21-17(23)8-13)19(25)26-12-18(24)22(2)10-14-4-3-5-15(20)9-14/h3-9,11H,10,12H2,1-2H3. The van der Waals surface area contributed by atoms with E-state index in [2.05, 4.69) is 4.98 Å². The minimum atomic E-state index is -0.668. The third kappa shape index (κ3) is 4.05. The molecular formula is C19H18FN3O3. The Kier molecular flexibility index (Phi) is 4.97. The molecule has 3 rings (SSSR count). The molecule has 0 unspecified atom stereocenters. The number of pyridine rings is 1. The van der Waals surface area contributed by atoms with E-state index < -0.39 is 12.6 Å². The fourth-order valence-corrected chi connectivity index (χ4v) is 2.49. The van der Waals surface area contributed by atoms with Gasteiger partial charge in [-0.2, -0.15) is 0 Å². The molecule has 134 valence electrons. The predicted octanol–water partition coefficient (Wildman–Crippen LogP) is 2.60. The molecule has 0 atom stereocenters. The second kappa shape index (κ2) is 7.35. The molecular weight excluding hydrogens is 337 g/mol. The van der Waals surface area contributed by atoms with Crippen molar-refractivity contribution in [2.24, 2.45) is 0 Å². The monoisotopic (exact) mass is 355 g/mol. The maximum absolute atomic E-state index is 13.2. The number of likely N-dealkylation sites (N-methyl/N-ethyl adjacent to an activating group) is 1. The molecule has 0 bridgehead atoms. The molecule has 0 spiro atoms. The zero-order valence-electron chi connectivity index (χ0n) is 14.5. The van der Waals surface area contributed by atoms with Gasteiger partial charge in [-0.3, -0.25) is 4.79 Å². The molecule has 0 aliphatic heterocycles. The molecule has 0 aliphatic carbocycles. The van der Waals surface area contributed by atoms with Gasteiger partial charge in [0.05, 0.1) is 0 Å². The number of fused-ring (bicyclic) bond motifs is 1. The van der Waals surface area contributed by atoms with E-state index in [-0.39, 0.29) is 24.0 Å². The number of aromatic nitrogens is 2. The lowest BCUT2D eigenvalue weighted by Crippen LogP contribution is -2.30. The van der Waals surface area contributed by atoms with Gasteiger partial charge in [0.2, 0.25) is 0 Å². The first kappa shape index (κ1) is 17.6. The Hall–Kier alpha value is -3.22. The lowest BCUT2D eigenvalue weighted by molar-refractivity contribution is -0.133. The number of hydrogen-bond donors (Lipinski definition) is 0. The number of rotatable bonds is 5. The van der Waals surface area contributed by atoms with E-state index in [1.165, 1.54) is 17.0 Å². The first-order valence-electron chi connectivity index (χ1n) is 8.03. The number of esters is 1. The molecule has 26 heavy (non-hydrogen) atoms. The first-order valence-corrected chi connectivity index (χ1v) is 8.03. The number of hydrogen-bond acceptors (Lipinski definition) is 4. The van der Waals surface area contributed by atoms with Crippen molar-refractivity contribution in [1.29, 1.82) is 0 Å². The second-order valence-corrected chi connectivity index (χ2v) is 6.05. The van der Waals surface area contributed by atoms with Crippen LogP contribution in [0.3, 0.4) is 0 Å². The average molecular weight is 355 g/mol. The quantitative estimate of drug-likeness (QED) is 0.660. The number of benzene rings is 1. The Morgan fingerprint density at radius 2 is 2.08 bits per heavy atom. The summed E-state index contributed by atoms with van der Waals surface area (Å²) < 4.78 is 20.0. The summed E-state index contributed by atoms with van der Waals surface area (Å²) in [5.74, 6) is -1.42. The van der Waals surface area contributed by atoms with Crippen LogP contribution in [0.5, 0.6) is 0 Å². The van der Waals surface area contributed by atoms with Crippen LogP contribution in [0, 0.1) is 12.7 Å². The minimum absolute atomic E-state index is 0.135. The van der Waals surface area contributed by atoms with Gasteiger partial charge in [-0.05, 0) is 42.3 Å². The molecule has 2 heterocycles. The van der Waals surface area contributed by atoms with Gasteiger partial charge >= 0.3 is 5.97 Å². The van der Waals surface area contributed by atoms with Crippen molar-refractivity contribution in [3.8, 4) is 0 Å². The molecule has 0 radical (unpaired) electrons. The highest BCUT2D eigenvalue weighted by molar-refractivity contribution is 5.90. The SMILES string of the molecule is Cc1ccn2cc(C(=O)OCC(=O)N(C)Cc3cccc(F)c3)nc2c1. The van der Waals surface area contributed by atoms with Crippen molar-refractivity contribution >= 4 is 17.5 Å². The maximum Gasteiger partial charge on any atom is 0.359 e. The van der Waals surface area contributed by atoms with Gasteiger partial charge in [-0.15, -0.1) is 0 Å². The molecule has 6 nitrogen and oxygen atoms in total. The Morgan fingerprint density at radius 1 is 1.27 bits per heavy atom. The molecule has 0 N–H and O–H groups in total. The van der Waals surface area contributed by atoms with Crippen molar-refractivity contribution in [1.82, 2.24) is 14.3 Å².